The van der Waals surface area contributed by atoms with E-state index in [2.05, 4.69) is 61.1 Å². The first-order valence-electron chi connectivity index (χ1n) is 2.52. The third kappa shape index (κ3) is 1.76. The fourth-order valence-electron chi connectivity index (χ4n) is 0.543. The van der Waals surface area contributed by atoms with Crippen LogP contribution in [0.4, 0.5) is 5.69 Å². The number of anilines is 1. The summed E-state index contributed by atoms with van der Waals surface area (Å²) < 4.78 is 3.28. The number of benzene rings is 1. The molecule has 0 aliphatic rings. The summed E-state index contributed by atoms with van der Waals surface area (Å²) in [7, 11) is 0. The van der Waals surface area contributed by atoms with Gasteiger partial charge in [-0.05, 0) is 73.2 Å². The van der Waals surface area contributed by atoms with Crippen molar-refractivity contribution < 1.29 is 0 Å². The second kappa shape index (κ2) is 3.57. The maximum absolute atomic E-state index is 5.72. The van der Waals surface area contributed by atoms with E-state index in [4.69, 9.17) is 5.73 Å². The van der Waals surface area contributed by atoms with Crippen LogP contribution in [-0.2, 0) is 0 Å². The molecular weight excluding hydrogens is 420 g/mol. The zero-order chi connectivity index (χ0) is 7.72. The van der Waals surface area contributed by atoms with Crippen LogP contribution >= 0.6 is 61.1 Å². The van der Waals surface area contributed by atoms with Crippen molar-refractivity contribution >= 4 is 66.8 Å². The van der Waals surface area contributed by atoms with E-state index in [1.807, 2.05) is 12.1 Å². The smallest absolute Gasteiger partial charge is 0.0604 e. The molecule has 1 aromatic rings. The summed E-state index contributed by atoms with van der Waals surface area (Å²) in [6.07, 6.45) is 0. The van der Waals surface area contributed by atoms with Gasteiger partial charge in [-0.15, -0.1) is 0 Å². The van der Waals surface area contributed by atoms with Crippen LogP contribution in [0.25, 0.3) is 0 Å². The van der Waals surface area contributed by atoms with Crippen molar-refractivity contribution in [2.75, 3.05) is 5.73 Å². The third-order valence-electron chi connectivity index (χ3n) is 1.08. The van der Waals surface area contributed by atoms with E-state index in [1.54, 1.807) is 0 Å². The molecule has 0 aromatic heterocycles. The summed E-state index contributed by atoms with van der Waals surface area (Å²) >= 11 is 7.84. The van der Waals surface area contributed by atoms with Crippen molar-refractivity contribution in [2.24, 2.45) is 0 Å². The highest BCUT2D eigenvalue weighted by Crippen LogP contribution is 2.28. The first kappa shape index (κ1) is 9.05. The van der Waals surface area contributed by atoms with Crippen molar-refractivity contribution in [1.29, 1.82) is 0 Å². The number of nitrogens with two attached hydrogens (primary N) is 1. The number of halogens is 3. The molecule has 0 bridgehead atoms. The van der Waals surface area contributed by atoms with Gasteiger partial charge in [0.05, 0.1) is 9.26 Å². The molecule has 0 atom stereocenters. The average Bonchev–Trinajstić information content (AvgIpc) is 1.93. The van der Waals surface area contributed by atoms with Crippen molar-refractivity contribution in [3.8, 4) is 0 Å². The highest BCUT2D eigenvalue weighted by molar-refractivity contribution is 14.1. The molecule has 1 nitrogen and oxygen atoms in total. The van der Waals surface area contributed by atoms with Gasteiger partial charge in [0.1, 0.15) is 0 Å². The van der Waals surface area contributed by atoms with Gasteiger partial charge in [0, 0.05) is 8.04 Å². The Morgan fingerprint density at radius 1 is 1.30 bits per heavy atom. The lowest BCUT2D eigenvalue weighted by Crippen LogP contribution is -1.92. The van der Waals surface area contributed by atoms with Crippen molar-refractivity contribution in [1.82, 2.24) is 0 Å². The molecule has 0 heterocycles. The molecular formula is C6H4BrI2N. The summed E-state index contributed by atoms with van der Waals surface area (Å²) in [4.78, 5) is 0. The zero-order valence-corrected chi connectivity index (χ0v) is 10.8. The maximum Gasteiger partial charge on any atom is 0.0604 e. The topological polar surface area (TPSA) is 26.0 Å². The van der Waals surface area contributed by atoms with Gasteiger partial charge in [0.2, 0.25) is 0 Å². The standard InChI is InChI=1S/C6H4BrI2N/c7-3-1-2-4(8)5(9)6(3)10/h1-2H,10H2. The molecule has 0 aliphatic heterocycles. The van der Waals surface area contributed by atoms with Gasteiger partial charge in [-0.25, -0.2) is 0 Å². The van der Waals surface area contributed by atoms with E-state index in [-0.39, 0.29) is 0 Å². The molecule has 2 N–H and O–H groups in total. The Morgan fingerprint density at radius 2 is 1.90 bits per heavy atom. The Bertz CT molecular complexity index is 235. The van der Waals surface area contributed by atoms with Gasteiger partial charge in [0.15, 0.2) is 0 Å². The molecule has 0 spiro atoms. The molecule has 0 fully saturated rings. The van der Waals surface area contributed by atoms with Crippen LogP contribution in [-0.4, -0.2) is 0 Å². The second-order valence-electron chi connectivity index (χ2n) is 1.76. The maximum atomic E-state index is 5.72. The predicted octanol–water partition coefficient (Wildman–Crippen LogP) is 3.24. The molecule has 0 saturated carbocycles. The quantitative estimate of drug-likeness (QED) is 0.387. The lowest BCUT2D eigenvalue weighted by atomic mass is 10.3. The lowest BCUT2D eigenvalue weighted by molar-refractivity contribution is 1.53. The molecule has 0 aliphatic carbocycles. The lowest BCUT2D eigenvalue weighted by Gasteiger charge is -2.01. The third-order valence-corrected chi connectivity index (χ3v) is 4.86. The molecule has 0 radical (unpaired) electrons. The fourth-order valence-corrected chi connectivity index (χ4v) is 2.18. The van der Waals surface area contributed by atoms with E-state index in [1.165, 1.54) is 3.57 Å². The molecule has 10 heavy (non-hydrogen) atoms. The first-order chi connectivity index (χ1) is 4.63. The Balaban J connectivity index is 3.34. The summed E-state index contributed by atoms with van der Waals surface area (Å²) in [5, 5.41) is 0. The van der Waals surface area contributed by atoms with Gasteiger partial charge >= 0.3 is 0 Å². The predicted molar refractivity (Wildman–Crippen MR) is 64.0 cm³/mol. The normalized spacial score (nSPS) is 9.90. The average molecular weight is 424 g/mol. The molecule has 0 amide bonds. The van der Waals surface area contributed by atoms with Gasteiger partial charge in [-0.1, -0.05) is 0 Å². The van der Waals surface area contributed by atoms with Gasteiger partial charge in [0.25, 0.3) is 0 Å². The minimum absolute atomic E-state index is 0.826. The highest BCUT2D eigenvalue weighted by atomic mass is 127. The molecule has 1 aromatic carbocycles. The number of nitrogen functional groups attached to an aromatic ring is 1. The van der Waals surface area contributed by atoms with E-state index in [9.17, 15) is 0 Å². The van der Waals surface area contributed by atoms with E-state index >= 15 is 0 Å². The van der Waals surface area contributed by atoms with Crippen molar-refractivity contribution in [3.05, 3.63) is 23.7 Å². The molecule has 4 heteroatoms. The Kier molecular flexibility index (Phi) is 3.23. The van der Waals surface area contributed by atoms with Crippen LogP contribution in [0.2, 0.25) is 0 Å². The molecule has 1 rings (SSSR count). The minimum atomic E-state index is 0.826. The van der Waals surface area contributed by atoms with Crippen LogP contribution in [0.3, 0.4) is 0 Å². The van der Waals surface area contributed by atoms with Crippen LogP contribution in [0, 0.1) is 7.14 Å². The SMILES string of the molecule is Nc1c(Br)ccc(I)c1I. The van der Waals surface area contributed by atoms with E-state index < -0.39 is 0 Å². The number of hydrogen-bond acceptors (Lipinski definition) is 1. The monoisotopic (exact) mass is 423 g/mol. The van der Waals surface area contributed by atoms with Crippen molar-refractivity contribution in [3.63, 3.8) is 0 Å². The van der Waals surface area contributed by atoms with Gasteiger partial charge < -0.3 is 5.73 Å². The molecule has 0 unspecified atom stereocenters. The number of hydrogen-bond donors (Lipinski definition) is 1. The van der Waals surface area contributed by atoms with E-state index in [0.29, 0.717) is 0 Å². The fraction of sp³-hybridized carbons (Fsp3) is 0. The Hall–Kier alpha value is 0.960. The van der Waals surface area contributed by atoms with Gasteiger partial charge in [-0.2, -0.15) is 0 Å². The van der Waals surface area contributed by atoms with Crippen LogP contribution < -0.4 is 5.73 Å². The molecule has 0 saturated heterocycles. The summed E-state index contributed by atoms with van der Waals surface area (Å²) in [6, 6.07) is 3.99. The second-order valence-corrected chi connectivity index (χ2v) is 4.85. The van der Waals surface area contributed by atoms with Crippen LogP contribution in [0.1, 0.15) is 0 Å². The number of rotatable bonds is 0. The van der Waals surface area contributed by atoms with E-state index in [0.717, 1.165) is 13.7 Å². The minimum Gasteiger partial charge on any atom is -0.397 e. The largest absolute Gasteiger partial charge is 0.397 e. The zero-order valence-electron chi connectivity index (χ0n) is 4.87. The van der Waals surface area contributed by atoms with Crippen molar-refractivity contribution in [2.45, 2.75) is 0 Å². The van der Waals surface area contributed by atoms with Gasteiger partial charge in [-0.3, -0.25) is 0 Å². The highest BCUT2D eigenvalue weighted by Gasteiger charge is 2.02. The van der Waals surface area contributed by atoms with Crippen LogP contribution in [0.15, 0.2) is 16.6 Å². The van der Waals surface area contributed by atoms with Crippen LogP contribution in [0.5, 0.6) is 0 Å². The first-order valence-corrected chi connectivity index (χ1v) is 5.47. The summed E-state index contributed by atoms with van der Waals surface area (Å²) in [5.41, 5.74) is 6.55. The Labute approximate surface area is 95.2 Å². The summed E-state index contributed by atoms with van der Waals surface area (Å²) in [6.45, 7) is 0. The molecule has 54 valence electrons. The Morgan fingerprint density at radius 3 is 2.40 bits per heavy atom. The summed E-state index contributed by atoms with van der Waals surface area (Å²) in [5.74, 6) is 0.